The number of likely N-dealkylation sites (tertiary alicyclic amines) is 1. The van der Waals surface area contributed by atoms with Gasteiger partial charge in [-0.05, 0) is 50.4 Å². The maximum absolute atomic E-state index is 10.8. The second kappa shape index (κ2) is 6.06. The molecule has 0 aromatic heterocycles. The Bertz CT molecular complexity index is 459. The predicted molar refractivity (Wildman–Crippen MR) is 76.4 cm³/mol. The molecule has 4 heteroatoms. The third-order valence-electron chi connectivity index (χ3n) is 4.00. The van der Waals surface area contributed by atoms with Crippen molar-refractivity contribution in [2.75, 3.05) is 18.8 Å². The van der Waals surface area contributed by atoms with Gasteiger partial charge in [0.05, 0.1) is 5.56 Å². The number of rotatable bonds is 4. The number of aromatic carboxylic acids is 1. The fraction of sp³-hybridized carbons (Fsp3) is 0.533. The van der Waals surface area contributed by atoms with Crippen LogP contribution in [-0.4, -0.2) is 35.1 Å². The number of nitrogen functional groups attached to an aromatic ring is 1. The van der Waals surface area contributed by atoms with Gasteiger partial charge in [0.25, 0.3) is 0 Å². The first-order valence-corrected chi connectivity index (χ1v) is 6.93. The monoisotopic (exact) mass is 262 g/mol. The summed E-state index contributed by atoms with van der Waals surface area (Å²) in [6.07, 6.45) is 4.76. The number of carboxylic acids is 1. The maximum atomic E-state index is 10.8. The second-order valence-electron chi connectivity index (χ2n) is 5.35. The molecular weight excluding hydrogens is 240 g/mol. The van der Waals surface area contributed by atoms with Crippen molar-refractivity contribution in [3.63, 3.8) is 0 Å². The number of piperidine rings is 1. The summed E-state index contributed by atoms with van der Waals surface area (Å²) >= 11 is 0. The minimum absolute atomic E-state index is 0.257. The van der Waals surface area contributed by atoms with Gasteiger partial charge in [-0.25, -0.2) is 4.79 Å². The first kappa shape index (κ1) is 13.9. The molecule has 1 atom stereocenters. The third-order valence-corrected chi connectivity index (χ3v) is 4.00. The van der Waals surface area contributed by atoms with E-state index in [4.69, 9.17) is 10.8 Å². The zero-order valence-electron chi connectivity index (χ0n) is 11.4. The fourth-order valence-corrected chi connectivity index (χ4v) is 2.71. The molecule has 1 aromatic rings. The van der Waals surface area contributed by atoms with Gasteiger partial charge >= 0.3 is 5.97 Å². The smallest absolute Gasteiger partial charge is 0.335 e. The van der Waals surface area contributed by atoms with Crippen LogP contribution >= 0.6 is 0 Å². The van der Waals surface area contributed by atoms with Crippen molar-refractivity contribution in [3.8, 4) is 0 Å². The number of nitrogens with zero attached hydrogens (tertiary/aromatic N) is 1. The van der Waals surface area contributed by atoms with E-state index in [-0.39, 0.29) is 5.56 Å². The van der Waals surface area contributed by atoms with E-state index in [1.165, 1.54) is 19.3 Å². The Morgan fingerprint density at radius 1 is 1.47 bits per heavy atom. The lowest BCUT2D eigenvalue weighted by Gasteiger charge is -2.33. The van der Waals surface area contributed by atoms with Crippen molar-refractivity contribution in [1.29, 1.82) is 0 Å². The van der Waals surface area contributed by atoms with Gasteiger partial charge in [0.1, 0.15) is 0 Å². The SMILES string of the molecule is CC1CCCCN1CCc1ccc(C(=O)O)cc1N. The van der Waals surface area contributed by atoms with Gasteiger partial charge in [-0.3, -0.25) is 0 Å². The minimum Gasteiger partial charge on any atom is -0.478 e. The van der Waals surface area contributed by atoms with Gasteiger partial charge in [0.2, 0.25) is 0 Å². The van der Waals surface area contributed by atoms with E-state index in [2.05, 4.69) is 11.8 Å². The Hall–Kier alpha value is -1.55. The molecule has 0 aliphatic carbocycles. The molecule has 0 saturated carbocycles. The average Bonchev–Trinajstić information content (AvgIpc) is 2.39. The van der Waals surface area contributed by atoms with Crippen LogP contribution in [-0.2, 0) is 6.42 Å². The lowest BCUT2D eigenvalue weighted by molar-refractivity contribution is 0.0697. The Morgan fingerprint density at radius 2 is 2.26 bits per heavy atom. The normalized spacial score (nSPS) is 20.4. The topological polar surface area (TPSA) is 66.6 Å². The minimum atomic E-state index is -0.928. The Morgan fingerprint density at radius 3 is 2.89 bits per heavy atom. The third kappa shape index (κ3) is 3.47. The summed E-state index contributed by atoms with van der Waals surface area (Å²) < 4.78 is 0. The van der Waals surface area contributed by atoms with E-state index in [0.29, 0.717) is 11.7 Å². The molecule has 4 nitrogen and oxygen atoms in total. The first-order chi connectivity index (χ1) is 9.08. The molecule has 19 heavy (non-hydrogen) atoms. The van der Waals surface area contributed by atoms with Gasteiger partial charge in [-0.2, -0.15) is 0 Å². The largest absolute Gasteiger partial charge is 0.478 e. The molecule has 0 spiro atoms. The van der Waals surface area contributed by atoms with Crippen molar-refractivity contribution in [3.05, 3.63) is 29.3 Å². The maximum Gasteiger partial charge on any atom is 0.335 e. The van der Waals surface area contributed by atoms with Crippen molar-refractivity contribution in [2.45, 2.75) is 38.6 Å². The molecule has 1 saturated heterocycles. The average molecular weight is 262 g/mol. The molecule has 1 aromatic carbocycles. The zero-order chi connectivity index (χ0) is 13.8. The lowest BCUT2D eigenvalue weighted by atomic mass is 10.0. The Labute approximate surface area is 114 Å². The number of hydrogen-bond donors (Lipinski definition) is 2. The summed E-state index contributed by atoms with van der Waals surface area (Å²) in [5, 5.41) is 8.90. The van der Waals surface area contributed by atoms with E-state index in [1.54, 1.807) is 12.1 Å². The Kier molecular flexibility index (Phi) is 4.43. The van der Waals surface area contributed by atoms with Crippen LogP contribution in [0.5, 0.6) is 0 Å². The highest BCUT2D eigenvalue weighted by Gasteiger charge is 2.18. The molecule has 0 amide bonds. The van der Waals surface area contributed by atoms with Gasteiger partial charge in [-0.15, -0.1) is 0 Å². The van der Waals surface area contributed by atoms with E-state index >= 15 is 0 Å². The Balaban J connectivity index is 1.97. The molecule has 2 rings (SSSR count). The van der Waals surface area contributed by atoms with Gasteiger partial charge in [0, 0.05) is 18.3 Å². The summed E-state index contributed by atoms with van der Waals surface area (Å²) in [4.78, 5) is 13.3. The van der Waals surface area contributed by atoms with E-state index in [1.807, 2.05) is 6.07 Å². The van der Waals surface area contributed by atoms with Crippen LogP contribution < -0.4 is 5.73 Å². The van der Waals surface area contributed by atoms with Crippen LogP contribution in [0.25, 0.3) is 0 Å². The first-order valence-electron chi connectivity index (χ1n) is 6.93. The molecule has 104 valence electrons. The second-order valence-corrected chi connectivity index (χ2v) is 5.35. The van der Waals surface area contributed by atoms with Crippen LogP contribution in [0.4, 0.5) is 5.69 Å². The van der Waals surface area contributed by atoms with E-state index < -0.39 is 5.97 Å². The van der Waals surface area contributed by atoms with E-state index in [0.717, 1.165) is 25.1 Å². The van der Waals surface area contributed by atoms with Gasteiger partial charge in [-0.1, -0.05) is 12.5 Å². The fourth-order valence-electron chi connectivity index (χ4n) is 2.71. The van der Waals surface area contributed by atoms with Gasteiger partial charge in [0.15, 0.2) is 0 Å². The number of hydrogen-bond acceptors (Lipinski definition) is 3. The van der Waals surface area contributed by atoms with Crippen LogP contribution in [0.2, 0.25) is 0 Å². The van der Waals surface area contributed by atoms with Gasteiger partial charge < -0.3 is 15.7 Å². The van der Waals surface area contributed by atoms with E-state index in [9.17, 15) is 4.79 Å². The van der Waals surface area contributed by atoms with Crippen molar-refractivity contribution >= 4 is 11.7 Å². The van der Waals surface area contributed by atoms with Crippen molar-refractivity contribution in [2.24, 2.45) is 0 Å². The molecule has 1 fully saturated rings. The molecule has 0 bridgehead atoms. The highest BCUT2D eigenvalue weighted by molar-refractivity contribution is 5.88. The number of benzene rings is 1. The molecule has 1 heterocycles. The quantitative estimate of drug-likeness (QED) is 0.818. The summed E-state index contributed by atoms with van der Waals surface area (Å²) in [5.74, 6) is -0.928. The highest BCUT2D eigenvalue weighted by atomic mass is 16.4. The summed E-state index contributed by atoms with van der Waals surface area (Å²) in [6.45, 7) is 4.43. The summed E-state index contributed by atoms with van der Waals surface area (Å²) in [5.41, 5.74) is 7.82. The number of carbonyl (C=O) groups is 1. The number of carboxylic acid groups (broad SMARTS) is 1. The molecule has 0 radical (unpaired) electrons. The lowest BCUT2D eigenvalue weighted by Crippen LogP contribution is -2.38. The van der Waals surface area contributed by atoms with Crippen LogP contribution in [0.15, 0.2) is 18.2 Å². The molecule has 1 aliphatic heterocycles. The molecule has 3 N–H and O–H groups in total. The summed E-state index contributed by atoms with van der Waals surface area (Å²) in [7, 11) is 0. The van der Waals surface area contributed by atoms with Crippen LogP contribution in [0.1, 0.15) is 42.1 Å². The van der Waals surface area contributed by atoms with Crippen molar-refractivity contribution < 1.29 is 9.90 Å². The molecule has 1 aliphatic rings. The number of nitrogens with two attached hydrogens (primary N) is 1. The zero-order valence-corrected chi connectivity index (χ0v) is 11.4. The standard InChI is InChI=1S/C15H22N2O2/c1-11-4-2-3-8-17(11)9-7-12-5-6-13(15(18)19)10-14(12)16/h5-6,10-11H,2-4,7-9,16H2,1H3,(H,18,19). The van der Waals surface area contributed by atoms with Crippen molar-refractivity contribution in [1.82, 2.24) is 4.90 Å². The summed E-state index contributed by atoms with van der Waals surface area (Å²) in [6, 6.07) is 5.67. The van der Waals surface area contributed by atoms with Crippen LogP contribution in [0.3, 0.4) is 0 Å². The number of anilines is 1. The molecule has 1 unspecified atom stereocenters. The van der Waals surface area contributed by atoms with Crippen LogP contribution in [0, 0.1) is 0 Å². The highest BCUT2D eigenvalue weighted by Crippen LogP contribution is 2.19. The predicted octanol–water partition coefficient (Wildman–Crippen LogP) is 2.38. The molecular formula is C15H22N2O2.